The van der Waals surface area contributed by atoms with Gasteiger partial charge in [0, 0.05) is 24.7 Å². The number of carbonyl (C=O) groups excluding carboxylic acids is 2. The average molecular weight is 419 g/mol. The topological polar surface area (TPSA) is 86.8 Å². The number of hydrogen-bond donors (Lipinski definition) is 2. The van der Waals surface area contributed by atoms with Gasteiger partial charge in [-0.15, -0.1) is 11.3 Å². The number of carbonyl (C=O) groups is 2. The highest BCUT2D eigenvalue weighted by Crippen LogP contribution is 2.32. The minimum Gasteiger partial charge on any atom is -0.443 e. The first kappa shape index (κ1) is 19.6. The lowest BCUT2D eigenvalue weighted by Crippen LogP contribution is -2.61. The number of cyclic esters (lactones) is 1. The number of rotatable bonds is 5. The summed E-state index contributed by atoms with van der Waals surface area (Å²) in [6, 6.07) is 9.16. The molecule has 4 rings (SSSR count). The highest BCUT2D eigenvalue weighted by molar-refractivity contribution is 7.13. The van der Waals surface area contributed by atoms with Crippen LogP contribution in [0.5, 0.6) is 0 Å². The Morgan fingerprint density at radius 2 is 2.17 bits per heavy atom. The summed E-state index contributed by atoms with van der Waals surface area (Å²) in [5.41, 5.74) is 2.43. The maximum absolute atomic E-state index is 14.7. The van der Waals surface area contributed by atoms with Crippen LogP contribution < -0.4 is 15.6 Å². The quantitative estimate of drug-likeness (QED) is 0.717. The molecule has 2 aliphatic heterocycles. The molecule has 8 nitrogen and oxygen atoms in total. The first-order chi connectivity index (χ1) is 14.0. The number of alkyl carbamates (subject to hydrolysis) is 1. The number of anilines is 1. The number of amides is 2. The van der Waals surface area contributed by atoms with E-state index in [0.717, 1.165) is 5.56 Å². The standard InChI is InChI=1S/C19H22FN5O3S/c1-19(13-5-3-2-4-6-13,14-11-22-18(27)28-14)16(26)23-24-8-9-25(15(20)12-24)17-21-7-10-29-17/h2-7,10,14-15H,8-9,11-12H2,1H3,(H,22,27)(H,23,26). The van der Waals surface area contributed by atoms with E-state index in [9.17, 15) is 14.0 Å². The van der Waals surface area contributed by atoms with Crippen LogP contribution in [0.1, 0.15) is 12.5 Å². The van der Waals surface area contributed by atoms with Crippen molar-refractivity contribution in [2.45, 2.75) is 24.7 Å². The third-order valence-corrected chi connectivity index (χ3v) is 6.22. The number of nitrogens with one attached hydrogen (secondary N) is 2. The molecule has 2 amide bonds. The van der Waals surface area contributed by atoms with Crippen LogP contribution in [0.3, 0.4) is 0 Å². The highest BCUT2D eigenvalue weighted by atomic mass is 32.1. The van der Waals surface area contributed by atoms with Crippen molar-refractivity contribution < 1.29 is 18.7 Å². The molecule has 1 aromatic carbocycles. The third-order valence-electron chi connectivity index (χ3n) is 5.41. The van der Waals surface area contributed by atoms with Crippen LogP contribution in [0.2, 0.25) is 0 Å². The van der Waals surface area contributed by atoms with Crippen molar-refractivity contribution in [2.75, 3.05) is 31.1 Å². The number of hydrazine groups is 1. The largest absolute Gasteiger partial charge is 0.443 e. The predicted molar refractivity (Wildman–Crippen MR) is 106 cm³/mol. The van der Waals surface area contributed by atoms with E-state index in [4.69, 9.17) is 4.74 Å². The van der Waals surface area contributed by atoms with Crippen molar-refractivity contribution >= 4 is 28.5 Å². The minimum atomic E-state index is -1.29. The summed E-state index contributed by atoms with van der Waals surface area (Å²) in [5, 5.41) is 6.61. The molecule has 2 fully saturated rings. The second kappa shape index (κ2) is 7.96. The summed E-state index contributed by atoms with van der Waals surface area (Å²) < 4.78 is 20.1. The molecule has 3 atom stereocenters. The van der Waals surface area contributed by atoms with Crippen LogP contribution >= 0.6 is 11.3 Å². The minimum absolute atomic E-state index is 0.0128. The summed E-state index contributed by atoms with van der Waals surface area (Å²) in [4.78, 5) is 30.7. The van der Waals surface area contributed by atoms with Gasteiger partial charge in [-0.25, -0.2) is 19.2 Å². The molecule has 154 valence electrons. The molecule has 0 radical (unpaired) electrons. The van der Waals surface area contributed by atoms with E-state index in [0.29, 0.717) is 18.2 Å². The molecule has 29 heavy (non-hydrogen) atoms. The maximum Gasteiger partial charge on any atom is 0.407 e. The predicted octanol–water partition coefficient (Wildman–Crippen LogP) is 1.66. The number of hydrogen-bond acceptors (Lipinski definition) is 7. The second-order valence-corrected chi connectivity index (χ2v) is 8.05. The molecule has 3 heterocycles. The fraction of sp³-hybridized carbons (Fsp3) is 0.421. The Kier molecular flexibility index (Phi) is 5.37. The van der Waals surface area contributed by atoms with Gasteiger partial charge in [0.15, 0.2) is 11.4 Å². The van der Waals surface area contributed by atoms with E-state index in [1.54, 1.807) is 28.4 Å². The lowest BCUT2D eigenvalue weighted by molar-refractivity contribution is -0.135. The van der Waals surface area contributed by atoms with Gasteiger partial charge in [-0.05, 0) is 12.5 Å². The molecule has 2 aromatic rings. The summed E-state index contributed by atoms with van der Waals surface area (Å²) in [6.07, 6.45) is -0.867. The SMILES string of the molecule is CC(C(=O)NN1CCN(c2nccs2)C(F)C1)(c1ccccc1)C1CNC(=O)O1. The number of aromatic nitrogens is 1. The molecule has 3 unspecified atom stereocenters. The van der Waals surface area contributed by atoms with Crippen molar-refractivity contribution in [3.8, 4) is 0 Å². The normalized spacial score (nSPS) is 24.5. The molecule has 0 bridgehead atoms. The van der Waals surface area contributed by atoms with E-state index in [1.165, 1.54) is 11.3 Å². The van der Waals surface area contributed by atoms with E-state index >= 15 is 0 Å². The van der Waals surface area contributed by atoms with Gasteiger partial charge in [0.2, 0.25) is 5.91 Å². The van der Waals surface area contributed by atoms with Crippen molar-refractivity contribution in [1.82, 2.24) is 20.7 Å². The number of ether oxygens (including phenoxy) is 1. The molecule has 2 N–H and O–H groups in total. The van der Waals surface area contributed by atoms with Gasteiger partial charge >= 0.3 is 6.09 Å². The van der Waals surface area contributed by atoms with Gasteiger partial charge in [-0.3, -0.25) is 10.2 Å². The average Bonchev–Trinajstić information content (AvgIpc) is 3.40. The Hall–Kier alpha value is -2.72. The van der Waals surface area contributed by atoms with Crippen LogP contribution in [-0.2, 0) is 14.9 Å². The lowest BCUT2D eigenvalue weighted by Gasteiger charge is -2.40. The molecule has 1 aromatic heterocycles. The number of halogens is 1. The highest BCUT2D eigenvalue weighted by Gasteiger charge is 2.48. The van der Waals surface area contributed by atoms with Gasteiger partial charge in [0.25, 0.3) is 0 Å². The molecule has 2 aliphatic rings. The van der Waals surface area contributed by atoms with Crippen LogP contribution in [0.15, 0.2) is 41.9 Å². The fourth-order valence-corrected chi connectivity index (χ4v) is 4.34. The molecule has 10 heteroatoms. The monoisotopic (exact) mass is 419 g/mol. The Balaban J connectivity index is 1.49. The molecular formula is C19H22FN5O3S. The maximum atomic E-state index is 14.7. The van der Waals surface area contributed by atoms with E-state index < -0.39 is 23.9 Å². The lowest BCUT2D eigenvalue weighted by atomic mass is 9.76. The van der Waals surface area contributed by atoms with E-state index in [2.05, 4.69) is 15.7 Å². The van der Waals surface area contributed by atoms with Crippen LogP contribution in [0.25, 0.3) is 0 Å². The van der Waals surface area contributed by atoms with Gasteiger partial charge in [-0.2, -0.15) is 0 Å². The van der Waals surface area contributed by atoms with Crippen molar-refractivity contribution in [1.29, 1.82) is 0 Å². The van der Waals surface area contributed by atoms with Crippen LogP contribution in [-0.4, -0.2) is 60.6 Å². The van der Waals surface area contributed by atoms with Crippen molar-refractivity contribution in [2.24, 2.45) is 0 Å². The Bertz CT molecular complexity index is 868. The Morgan fingerprint density at radius 3 is 2.79 bits per heavy atom. The van der Waals surface area contributed by atoms with Gasteiger partial charge in [0.1, 0.15) is 11.5 Å². The molecule has 0 aliphatic carbocycles. The fourth-order valence-electron chi connectivity index (χ4n) is 3.63. The summed E-state index contributed by atoms with van der Waals surface area (Å²) in [6.45, 7) is 2.82. The van der Waals surface area contributed by atoms with Crippen molar-refractivity contribution in [3.63, 3.8) is 0 Å². The second-order valence-electron chi connectivity index (χ2n) is 7.17. The third kappa shape index (κ3) is 3.77. The first-order valence-corrected chi connectivity index (χ1v) is 10.2. The molecular weight excluding hydrogens is 397 g/mol. The zero-order valence-corrected chi connectivity index (χ0v) is 16.7. The van der Waals surface area contributed by atoms with Crippen molar-refractivity contribution in [3.05, 3.63) is 47.5 Å². The number of thiazole rings is 1. The van der Waals surface area contributed by atoms with E-state index in [-0.39, 0.29) is 19.0 Å². The smallest absolute Gasteiger partial charge is 0.407 e. The number of nitrogens with zero attached hydrogens (tertiary/aromatic N) is 3. The molecule has 0 saturated carbocycles. The summed E-state index contributed by atoms with van der Waals surface area (Å²) in [5.74, 6) is -0.347. The van der Waals surface area contributed by atoms with E-state index in [1.807, 2.05) is 30.3 Å². The Labute approximate surface area is 171 Å². The van der Waals surface area contributed by atoms with Crippen LogP contribution in [0, 0.1) is 0 Å². The number of alkyl halides is 1. The summed E-state index contributed by atoms with van der Waals surface area (Å²) >= 11 is 1.38. The molecule has 0 spiro atoms. The molecule has 2 saturated heterocycles. The number of benzene rings is 1. The summed E-state index contributed by atoms with van der Waals surface area (Å²) in [7, 11) is 0. The van der Waals surface area contributed by atoms with Gasteiger partial charge in [-0.1, -0.05) is 30.3 Å². The first-order valence-electron chi connectivity index (χ1n) is 9.34. The zero-order chi connectivity index (χ0) is 20.4. The van der Waals surface area contributed by atoms with Gasteiger partial charge < -0.3 is 15.0 Å². The van der Waals surface area contributed by atoms with Gasteiger partial charge in [0.05, 0.1) is 13.1 Å². The number of piperazine rings is 1. The van der Waals surface area contributed by atoms with Crippen LogP contribution in [0.4, 0.5) is 14.3 Å². The zero-order valence-electron chi connectivity index (χ0n) is 15.9. The Morgan fingerprint density at radius 1 is 1.38 bits per heavy atom.